The predicted octanol–water partition coefficient (Wildman–Crippen LogP) is 15.8. The van der Waals surface area contributed by atoms with Crippen molar-refractivity contribution in [3.05, 3.63) is 212 Å². The fourth-order valence-corrected chi connectivity index (χ4v) is 10.4. The van der Waals surface area contributed by atoms with Gasteiger partial charge in [-0.1, -0.05) is 164 Å². The van der Waals surface area contributed by atoms with E-state index in [1.807, 2.05) is 0 Å². The first-order chi connectivity index (χ1) is 30.3. The number of nitrogens with zero attached hydrogens (tertiary/aromatic N) is 2. The zero-order valence-electron chi connectivity index (χ0n) is 33.4. The number of allylic oxidation sites excluding steroid dienone is 1. The van der Waals surface area contributed by atoms with Crippen LogP contribution in [0.5, 0.6) is 0 Å². The molecule has 13 rings (SSSR count). The van der Waals surface area contributed by atoms with Crippen LogP contribution in [0.15, 0.2) is 200 Å². The van der Waals surface area contributed by atoms with E-state index < -0.39 is 0 Å². The molecule has 0 fully saturated rings. The Bertz CT molecular complexity index is 3600. The van der Waals surface area contributed by atoms with Crippen LogP contribution in [-0.2, 0) is 6.42 Å². The maximum absolute atomic E-state index is 5.17. The highest BCUT2D eigenvalue weighted by Gasteiger charge is 2.26. The summed E-state index contributed by atoms with van der Waals surface area (Å²) in [6.07, 6.45) is 6.50. The molecule has 2 nitrogen and oxygen atoms in total. The fourth-order valence-electron chi connectivity index (χ4n) is 10.4. The summed E-state index contributed by atoms with van der Waals surface area (Å²) in [7, 11) is 0. The number of hydrogen-bond donors (Lipinski definition) is 0. The molecule has 2 aliphatic carbocycles. The van der Waals surface area contributed by atoms with Gasteiger partial charge in [0.05, 0.1) is 11.4 Å². The molecule has 10 aromatic carbocycles. The fraction of sp³-hybridized carbons (Fsp3) is 0.0339. The van der Waals surface area contributed by atoms with E-state index in [4.69, 9.17) is 4.98 Å². The van der Waals surface area contributed by atoms with Crippen molar-refractivity contribution < 1.29 is 0 Å². The highest BCUT2D eigenvalue weighted by atomic mass is 15.1. The zero-order chi connectivity index (χ0) is 40.0. The molecule has 0 unspecified atom stereocenters. The lowest BCUT2D eigenvalue weighted by molar-refractivity contribution is 0.936. The molecule has 0 spiro atoms. The van der Waals surface area contributed by atoms with E-state index in [2.05, 4.69) is 211 Å². The lowest BCUT2D eigenvalue weighted by Gasteiger charge is -2.17. The van der Waals surface area contributed by atoms with Crippen molar-refractivity contribution in [2.24, 2.45) is 0 Å². The van der Waals surface area contributed by atoms with Gasteiger partial charge in [-0.2, -0.15) is 0 Å². The predicted molar refractivity (Wildman–Crippen MR) is 257 cm³/mol. The van der Waals surface area contributed by atoms with Gasteiger partial charge in [-0.3, -0.25) is 4.57 Å². The van der Waals surface area contributed by atoms with Crippen molar-refractivity contribution in [2.75, 3.05) is 0 Å². The van der Waals surface area contributed by atoms with E-state index in [0.717, 1.165) is 29.9 Å². The zero-order valence-corrected chi connectivity index (χ0v) is 33.4. The summed E-state index contributed by atoms with van der Waals surface area (Å²) in [5, 5.41) is 10.3. The molecule has 0 radical (unpaired) electrons. The monoisotopic (exact) mass is 774 g/mol. The SMILES string of the molecule is C1=Cc2c(nc(-c3ccccc3)n2-c2ccc(-c3ccc4c5c(cccc35)-c3cc5c(-c6ccccc6)cc6c7ccccc7c(-c7ccccc7)cc6c5cc3-4)cc2)CC1. The Labute approximate surface area is 354 Å². The van der Waals surface area contributed by atoms with Crippen LogP contribution < -0.4 is 0 Å². The molecular formula is C59H38N2. The first-order valence-electron chi connectivity index (χ1n) is 21.3. The van der Waals surface area contributed by atoms with Crippen LogP contribution in [0.25, 0.3) is 122 Å². The van der Waals surface area contributed by atoms with Gasteiger partial charge < -0.3 is 0 Å². The molecule has 0 aliphatic heterocycles. The molecule has 61 heavy (non-hydrogen) atoms. The molecule has 2 aliphatic rings. The van der Waals surface area contributed by atoms with Gasteiger partial charge in [0.25, 0.3) is 0 Å². The van der Waals surface area contributed by atoms with Crippen molar-refractivity contribution in [3.63, 3.8) is 0 Å². The maximum atomic E-state index is 5.17. The van der Waals surface area contributed by atoms with Gasteiger partial charge in [-0.15, -0.1) is 0 Å². The average molecular weight is 775 g/mol. The van der Waals surface area contributed by atoms with Crippen LogP contribution in [0.2, 0.25) is 0 Å². The minimum atomic E-state index is 0.963. The van der Waals surface area contributed by atoms with Gasteiger partial charge >= 0.3 is 0 Å². The molecule has 0 atom stereocenters. The number of benzene rings is 10. The lowest BCUT2D eigenvalue weighted by Crippen LogP contribution is -2.02. The minimum absolute atomic E-state index is 0.963. The molecule has 0 saturated heterocycles. The van der Waals surface area contributed by atoms with Crippen LogP contribution >= 0.6 is 0 Å². The van der Waals surface area contributed by atoms with Gasteiger partial charge in [-0.05, 0) is 154 Å². The third-order valence-electron chi connectivity index (χ3n) is 13.2. The second kappa shape index (κ2) is 13.4. The molecule has 1 aromatic heterocycles. The highest BCUT2D eigenvalue weighted by molar-refractivity contribution is 6.27. The van der Waals surface area contributed by atoms with Crippen LogP contribution in [0.4, 0.5) is 0 Å². The van der Waals surface area contributed by atoms with Gasteiger partial charge in [0.15, 0.2) is 0 Å². The van der Waals surface area contributed by atoms with Gasteiger partial charge in [0.1, 0.15) is 5.82 Å². The van der Waals surface area contributed by atoms with Crippen molar-refractivity contribution in [1.29, 1.82) is 0 Å². The molecule has 0 amide bonds. The van der Waals surface area contributed by atoms with E-state index in [1.54, 1.807) is 0 Å². The first kappa shape index (κ1) is 34.1. The normalized spacial score (nSPS) is 12.7. The Morgan fingerprint density at radius 1 is 0.361 bits per heavy atom. The Balaban J connectivity index is 1.00. The summed E-state index contributed by atoms with van der Waals surface area (Å²) >= 11 is 0. The summed E-state index contributed by atoms with van der Waals surface area (Å²) in [5.41, 5.74) is 17.2. The van der Waals surface area contributed by atoms with E-state index in [0.29, 0.717) is 0 Å². The largest absolute Gasteiger partial charge is 0.293 e. The lowest BCUT2D eigenvalue weighted by atomic mass is 9.86. The number of aromatic nitrogens is 2. The van der Waals surface area contributed by atoms with E-state index >= 15 is 0 Å². The molecule has 0 saturated carbocycles. The van der Waals surface area contributed by atoms with E-state index in [-0.39, 0.29) is 0 Å². The quantitative estimate of drug-likeness (QED) is 0.159. The average Bonchev–Trinajstić information content (AvgIpc) is 3.88. The van der Waals surface area contributed by atoms with Crippen LogP contribution in [0.3, 0.4) is 0 Å². The minimum Gasteiger partial charge on any atom is -0.293 e. The standard InChI is InChI=1S/C59H38N2/c1-4-15-37(16-5-1)48-33-54-50(44-22-11-10-21-43(44)48)34-49(38-17-6-2-7-18-38)53-35-51-46-24-14-23-45-42(31-32-47(58(45)46)52(51)36-55(53)54)39-27-29-41(30-28-39)61-57-26-13-12-25-56(57)60-59(61)40-19-8-3-9-20-40/h1-11,13-24,26-36H,12,25H2. The maximum Gasteiger partial charge on any atom is 0.145 e. The molecule has 11 aromatic rings. The first-order valence-corrected chi connectivity index (χ1v) is 21.3. The molecule has 0 bridgehead atoms. The van der Waals surface area contributed by atoms with Gasteiger partial charge in [0.2, 0.25) is 0 Å². The van der Waals surface area contributed by atoms with Crippen LogP contribution in [0, 0.1) is 0 Å². The summed E-state index contributed by atoms with van der Waals surface area (Å²) in [4.78, 5) is 5.17. The van der Waals surface area contributed by atoms with Crippen LogP contribution in [0.1, 0.15) is 17.8 Å². The Morgan fingerprint density at radius 3 is 1.61 bits per heavy atom. The van der Waals surface area contributed by atoms with Gasteiger partial charge in [0, 0.05) is 11.3 Å². The van der Waals surface area contributed by atoms with Gasteiger partial charge in [-0.25, -0.2) is 4.98 Å². The third kappa shape index (κ3) is 5.19. The molecular weight excluding hydrogens is 737 g/mol. The molecule has 0 N–H and O–H groups in total. The summed E-state index contributed by atoms with van der Waals surface area (Å²) in [5.74, 6) is 0.994. The second-order valence-electron chi connectivity index (χ2n) is 16.5. The topological polar surface area (TPSA) is 17.8 Å². The Hall–Kier alpha value is -7.81. The van der Waals surface area contributed by atoms with Crippen LogP contribution in [-0.4, -0.2) is 9.55 Å². The number of fused-ring (bicyclic) bond motifs is 9. The number of aryl methyl sites for hydroxylation is 1. The van der Waals surface area contributed by atoms with E-state index in [1.165, 1.54) is 110 Å². The highest BCUT2D eigenvalue weighted by Crippen LogP contribution is 2.53. The number of hydrogen-bond acceptors (Lipinski definition) is 1. The molecule has 2 heteroatoms. The molecule has 284 valence electrons. The smallest absolute Gasteiger partial charge is 0.145 e. The summed E-state index contributed by atoms with van der Waals surface area (Å²) in [6.45, 7) is 0. The van der Waals surface area contributed by atoms with Crippen molar-refractivity contribution in [2.45, 2.75) is 12.8 Å². The second-order valence-corrected chi connectivity index (χ2v) is 16.5. The third-order valence-corrected chi connectivity index (χ3v) is 13.2. The summed E-state index contributed by atoms with van der Waals surface area (Å²) in [6, 6.07) is 71.8. The summed E-state index contributed by atoms with van der Waals surface area (Å²) < 4.78 is 2.33. The number of rotatable bonds is 5. The number of imidazole rings is 1. The van der Waals surface area contributed by atoms with Crippen molar-refractivity contribution >= 4 is 49.2 Å². The van der Waals surface area contributed by atoms with Crippen molar-refractivity contribution in [3.8, 4) is 72.7 Å². The van der Waals surface area contributed by atoms with E-state index in [9.17, 15) is 0 Å². The Kier molecular flexibility index (Phi) is 7.46. The Morgan fingerprint density at radius 2 is 0.885 bits per heavy atom. The van der Waals surface area contributed by atoms with Crippen molar-refractivity contribution in [1.82, 2.24) is 9.55 Å². The molecule has 1 heterocycles.